The van der Waals surface area contributed by atoms with Crippen LogP contribution in [-0.2, 0) is 11.2 Å². The number of amides is 2. The maximum atomic E-state index is 11.1. The second kappa shape index (κ2) is 3.09. The van der Waals surface area contributed by atoms with Crippen molar-refractivity contribution in [1.29, 1.82) is 0 Å². The Balaban J connectivity index is 2.63. The van der Waals surface area contributed by atoms with Crippen molar-refractivity contribution in [3.05, 3.63) is 27.7 Å². The first-order chi connectivity index (χ1) is 6.58. The highest BCUT2D eigenvalue weighted by atomic mass is 79.9. The van der Waals surface area contributed by atoms with Crippen LogP contribution in [0.25, 0.3) is 0 Å². The van der Waals surface area contributed by atoms with Gasteiger partial charge in [0.05, 0.1) is 17.7 Å². The van der Waals surface area contributed by atoms with Gasteiger partial charge in [-0.25, -0.2) is 0 Å². The molecule has 1 aliphatic heterocycles. The van der Waals surface area contributed by atoms with Gasteiger partial charge in [0.2, 0.25) is 5.91 Å². The zero-order valence-electron chi connectivity index (χ0n) is 7.13. The molecule has 0 fully saturated rings. The summed E-state index contributed by atoms with van der Waals surface area (Å²) in [6, 6.07) is 3.41. The molecular weight excluding hydrogens is 248 g/mol. The standard InChI is InChI=1S/C9H7BrN2O2/c10-5-1-4-2-7(13)12-8(4)6(3-5)9(11)14/h1,3H,2H2,(H2,11,14)(H,12,13). The molecule has 2 amide bonds. The van der Waals surface area contributed by atoms with E-state index in [9.17, 15) is 9.59 Å². The van der Waals surface area contributed by atoms with Crippen molar-refractivity contribution in [1.82, 2.24) is 0 Å². The molecule has 0 bridgehead atoms. The normalized spacial score (nSPS) is 13.6. The second-order valence-electron chi connectivity index (χ2n) is 3.08. The topological polar surface area (TPSA) is 72.2 Å². The van der Waals surface area contributed by atoms with E-state index < -0.39 is 5.91 Å². The lowest BCUT2D eigenvalue weighted by molar-refractivity contribution is -0.115. The first-order valence-corrected chi connectivity index (χ1v) is 4.79. The van der Waals surface area contributed by atoms with Crippen LogP contribution in [0.1, 0.15) is 15.9 Å². The quantitative estimate of drug-likeness (QED) is 0.787. The third-order valence-corrected chi connectivity index (χ3v) is 2.52. The van der Waals surface area contributed by atoms with E-state index in [1.165, 1.54) is 0 Å². The summed E-state index contributed by atoms with van der Waals surface area (Å²) in [5.74, 6) is -0.648. The number of fused-ring (bicyclic) bond motifs is 1. The van der Waals surface area contributed by atoms with Crippen LogP contribution in [-0.4, -0.2) is 11.8 Å². The molecule has 5 heteroatoms. The predicted octanol–water partition coefficient (Wildman–Crippen LogP) is 1.04. The van der Waals surface area contributed by atoms with Gasteiger partial charge in [-0.15, -0.1) is 0 Å². The predicted molar refractivity (Wildman–Crippen MR) is 55.0 cm³/mol. The molecular formula is C9H7BrN2O2. The molecule has 14 heavy (non-hydrogen) atoms. The van der Waals surface area contributed by atoms with Gasteiger partial charge in [-0.05, 0) is 17.7 Å². The van der Waals surface area contributed by atoms with Gasteiger partial charge in [0.15, 0.2) is 0 Å². The highest BCUT2D eigenvalue weighted by Crippen LogP contribution is 2.30. The SMILES string of the molecule is NC(=O)c1cc(Br)cc2c1NC(=O)C2. The summed E-state index contributed by atoms with van der Waals surface area (Å²) in [7, 11) is 0. The number of anilines is 1. The average molecular weight is 255 g/mol. The Morgan fingerprint density at radius 3 is 2.86 bits per heavy atom. The molecule has 0 saturated heterocycles. The van der Waals surface area contributed by atoms with Crippen LogP contribution in [0.15, 0.2) is 16.6 Å². The van der Waals surface area contributed by atoms with Crippen molar-refractivity contribution in [2.75, 3.05) is 5.32 Å². The summed E-state index contributed by atoms with van der Waals surface area (Å²) >= 11 is 3.26. The van der Waals surface area contributed by atoms with Gasteiger partial charge in [-0.2, -0.15) is 0 Å². The second-order valence-corrected chi connectivity index (χ2v) is 3.99. The van der Waals surface area contributed by atoms with Gasteiger partial charge < -0.3 is 11.1 Å². The van der Waals surface area contributed by atoms with Crippen molar-refractivity contribution in [3.63, 3.8) is 0 Å². The highest BCUT2D eigenvalue weighted by molar-refractivity contribution is 9.10. The van der Waals surface area contributed by atoms with Crippen molar-refractivity contribution < 1.29 is 9.59 Å². The number of benzene rings is 1. The van der Waals surface area contributed by atoms with Gasteiger partial charge in [-0.1, -0.05) is 15.9 Å². The van der Waals surface area contributed by atoms with Crippen molar-refractivity contribution in [3.8, 4) is 0 Å². The van der Waals surface area contributed by atoms with Gasteiger partial charge in [0.1, 0.15) is 0 Å². The van der Waals surface area contributed by atoms with Gasteiger partial charge in [-0.3, -0.25) is 9.59 Å². The number of hydrogen-bond donors (Lipinski definition) is 2. The fourth-order valence-corrected chi connectivity index (χ4v) is 2.01. The highest BCUT2D eigenvalue weighted by Gasteiger charge is 2.23. The molecule has 0 unspecified atom stereocenters. The molecule has 72 valence electrons. The number of hydrogen-bond acceptors (Lipinski definition) is 2. The Hall–Kier alpha value is -1.36. The molecule has 1 aromatic rings. The lowest BCUT2D eigenvalue weighted by Crippen LogP contribution is -2.14. The van der Waals surface area contributed by atoms with E-state index in [0.717, 1.165) is 10.0 Å². The molecule has 0 saturated carbocycles. The zero-order chi connectivity index (χ0) is 10.3. The average Bonchev–Trinajstić information content (AvgIpc) is 2.42. The van der Waals surface area contributed by atoms with E-state index >= 15 is 0 Å². The summed E-state index contributed by atoms with van der Waals surface area (Å²) in [5, 5.41) is 2.61. The molecule has 1 heterocycles. The lowest BCUT2D eigenvalue weighted by Gasteiger charge is -2.05. The number of primary amides is 1. The number of nitrogens with one attached hydrogen (secondary N) is 1. The van der Waals surface area contributed by atoms with Crippen molar-refractivity contribution in [2.24, 2.45) is 5.73 Å². The first kappa shape index (κ1) is 9.21. The molecule has 0 aliphatic carbocycles. The van der Waals surface area contributed by atoms with Crippen LogP contribution in [0.3, 0.4) is 0 Å². The Labute approximate surface area is 88.6 Å². The fraction of sp³-hybridized carbons (Fsp3) is 0.111. The molecule has 1 aromatic carbocycles. The van der Waals surface area contributed by atoms with E-state index in [-0.39, 0.29) is 5.91 Å². The van der Waals surface area contributed by atoms with Crippen molar-refractivity contribution in [2.45, 2.75) is 6.42 Å². The van der Waals surface area contributed by atoms with Crippen LogP contribution in [0.5, 0.6) is 0 Å². The zero-order valence-corrected chi connectivity index (χ0v) is 8.72. The third kappa shape index (κ3) is 1.39. The Morgan fingerprint density at radius 1 is 1.50 bits per heavy atom. The largest absolute Gasteiger partial charge is 0.366 e. The molecule has 0 atom stereocenters. The van der Waals surface area contributed by atoms with E-state index in [1.54, 1.807) is 12.1 Å². The van der Waals surface area contributed by atoms with Crippen LogP contribution in [0.4, 0.5) is 5.69 Å². The van der Waals surface area contributed by atoms with Crippen LogP contribution < -0.4 is 11.1 Å². The van der Waals surface area contributed by atoms with Crippen LogP contribution >= 0.6 is 15.9 Å². The third-order valence-electron chi connectivity index (χ3n) is 2.07. The van der Waals surface area contributed by atoms with E-state index in [2.05, 4.69) is 21.2 Å². The molecule has 0 aromatic heterocycles. The summed E-state index contributed by atoms with van der Waals surface area (Å²) in [6.45, 7) is 0. The Kier molecular flexibility index (Phi) is 2.03. The summed E-state index contributed by atoms with van der Waals surface area (Å²) < 4.78 is 0.751. The first-order valence-electron chi connectivity index (χ1n) is 4.00. The fourth-order valence-electron chi connectivity index (χ4n) is 1.50. The van der Waals surface area contributed by atoms with Gasteiger partial charge in [0.25, 0.3) is 5.91 Å². The maximum absolute atomic E-state index is 11.1. The summed E-state index contributed by atoms with van der Waals surface area (Å²) in [4.78, 5) is 22.2. The van der Waals surface area contributed by atoms with Crippen LogP contribution in [0.2, 0.25) is 0 Å². The minimum absolute atomic E-state index is 0.111. The van der Waals surface area contributed by atoms with Crippen molar-refractivity contribution >= 4 is 33.4 Å². The number of rotatable bonds is 1. The van der Waals surface area contributed by atoms with Gasteiger partial charge in [0, 0.05) is 4.47 Å². The Morgan fingerprint density at radius 2 is 2.21 bits per heavy atom. The summed E-state index contributed by atoms with van der Waals surface area (Å²) in [6.07, 6.45) is 0.301. The number of carbonyl (C=O) groups is 2. The molecule has 0 spiro atoms. The number of nitrogens with two attached hydrogens (primary N) is 1. The number of carbonyl (C=O) groups excluding carboxylic acids is 2. The molecule has 1 aliphatic rings. The monoisotopic (exact) mass is 254 g/mol. The number of halogens is 1. The van der Waals surface area contributed by atoms with E-state index in [0.29, 0.717) is 17.7 Å². The molecule has 0 radical (unpaired) electrons. The maximum Gasteiger partial charge on any atom is 0.250 e. The molecule has 3 N–H and O–H groups in total. The van der Waals surface area contributed by atoms with Gasteiger partial charge >= 0.3 is 0 Å². The Bertz CT molecular complexity index is 443. The molecule has 2 rings (SSSR count). The lowest BCUT2D eigenvalue weighted by atomic mass is 10.1. The van der Waals surface area contributed by atoms with E-state index in [4.69, 9.17) is 5.73 Å². The smallest absolute Gasteiger partial charge is 0.250 e. The van der Waals surface area contributed by atoms with Crippen LogP contribution in [0, 0.1) is 0 Å². The van der Waals surface area contributed by atoms with E-state index in [1.807, 2.05) is 0 Å². The molecule has 4 nitrogen and oxygen atoms in total. The minimum Gasteiger partial charge on any atom is -0.366 e. The minimum atomic E-state index is -0.537. The summed E-state index contributed by atoms with van der Waals surface area (Å²) in [5.41, 5.74) is 6.89.